The van der Waals surface area contributed by atoms with Crippen LogP contribution in [0, 0.1) is 6.92 Å². The van der Waals surface area contributed by atoms with Gasteiger partial charge in [0.25, 0.3) is 0 Å². The van der Waals surface area contributed by atoms with Crippen LogP contribution in [0.25, 0.3) is 0 Å². The van der Waals surface area contributed by atoms with Gasteiger partial charge in [0.1, 0.15) is 0 Å². The number of alkyl halides is 1. The van der Waals surface area contributed by atoms with Gasteiger partial charge in [0, 0.05) is 17.9 Å². The van der Waals surface area contributed by atoms with Gasteiger partial charge in [-0.1, -0.05) is 23.2 Å². The number of halogens is 2. The minimum absolute atomic E-state index is 0.105. The van der Waals surface area contributed by atoms with Crippen LogP contribution in [0.3, 0.4) is 0 Å². The Labute approximate surface area is 100 Å². The van der Waals surface area contributed by atoms with Crippen LogP contribution in [0.15, 0.2) is 18.2 Å². The largest absolute Gasteiger partial charge is 0.294 e. The van der Waals surface area contributed by atoms with Gasteiger partial charge in [-0.15, -0.1) is 11.6 Å². The number of hydrogen-bond acceptors (Lipinski definition) is 1. The van der Waals surface area contributed by atoms with E-state index in [2.05, 4.69) is 0 Å². The minimum Gasteiger partial charge on any atom is -0.294 e. The van der Waals surface area contributed by atoms with Crippen molar-refractivity contribution >= 4 is 29.0 Å². The lowest BCUT2D eigenvalue weighted by Gasteiger charge is -2.04. The molecule has 0 aromatic heterocycles. The van der Waals surface area contributed by atoms with Crippen LogP contribution in [-0.2, 0) is 0 Å². The fourth-order valence-electron chi connectivity index (χ4n) is 1.37. The second-order valence-corrected chi connectivity index (χ2v) is 4.34. The highest BCUT2D eigenvalue weighted by Crippen LogP contribution is 2.19. The first-order valence-corrected chi connectivity index (χ1v) is 5.91. The van der Waals surface area contributed by atoms with Gasteiger partial charge >= 0.3 is 0 Å². The molecule has 0 aliphatic heterocycles. The molecular weight excluding hydrogens is 231 g/mol. The average molecular weight is 245 g/mol. The number of ketones is 1. The molecule has 0 spiro atoms. The third-order valence-corrected chi connectivity index (χ3v) is 2.81. The van der Waals surface area contributed by atoms with Gasteiger partial charge in [-0.2, -0.15) is 0 Å². The number of rotatable bonds is 5. The molecule has 1 aromatic carbocycles. The molecule has 0 amide bonds. The highest BCUT2D eigenvalue weighted by atomic mass is 35.5. The summed E-state index contributed by atoms with van der Waals surface area (Å²) in [5.74, 6) is 0.711. The minimum atomic E-state index is 0.105. The number of hydrogen-bond donors (Lipinski definition) is 0. The smallest absolute Gasteiger partial charge is 0.164 e. The maximum absolute atomic E-state index is 11.8. The molecule has 15 heavy (non-hydrogen) atoms. The number of aryl methyl sites for hydroxylation is 1. The summed E-state index contributed by atoms with van der Waals surface area (Å²) >= 11 is 11.5. The number of unbranched alkanes of at least 4 members (excludes halogenated alkanes) is 1. The Hall–Kier alpha value is -0.530. The molecule has 1 nitrogen and oxygen atoms in total. The molecule has 0 aliphatic rings. The molecule has 82 valence electrons. The third-order valence-electron chi connectivity index (χ3n) is 2.21. The highest BCUT2D eigenvalue weighted by molar-refractivity contribution is 6.34. The Morgan fingerprint density at radius 3 is 2.73 bits per heavy atom. The average Bonchev–Trinajstić information content (AvgIpc) is 2.22. The van der Waals surface area contributed by atoms with E-state index in [9.17, 15) is 4.79 Å². The van der Waals surface area contributed by atoms with Gasteiger partial charge in [0.15, 0.2) is 5.78 Å². The van der Waals surface area contributed by atoms with Crippen molar-refractivity contribution in [2.75, 3.05) is 5.88 Å². The lowest BCUT2D eigenvalue weighted by Crippen LogP contribution is -2.00. The predicted octanol–water partition coefficient (Wildman–Crippen LogP) is 4.24. The fourth-order valence-corrected chi connectivity index (χ4v) is 1.78. The van der Waals surface area contributed by atoms with Crippen molar-refractivity contribution in [1.82, 2.24) is 0 Å². The van der Waals surface area contributed by atoms with E-state index < -0.39 is 0 Å². The number of carbonyl (C=O) groups is 1. The van der Waals surface area contributed by atoms with Crippen molar-refractivity contribution in [2.45, 2.75) is 26.2 Å². The molecule has 0 radical (unpaired) electrons. The molecular formula is C12H14Cl2O. The van der Waals surface area contributed by atoms with E-state index >= 15 is 0 Å². The first kappa shape index (κ1) is 12.5. The van der Waals surface area contributed by atoms with Gasteiger partial charge in [-0.3, -0.25) is 4.79 Å². The Balaban J connectivity index is 2.68. The summed E-state index contributed by atoms with van der Waals surface area (Å²) in [5.41, 5.74) is 1.69. The zero-order valence-corrected chi connectivity index (χ0v) is 10.2. The Bertz CT molecular complexity index is 347. The molecule has 1 aromatic rings. The van der Waals surface area contributed by atoms with Gasteiger partial charge in [-0.25, -0.2) is 0 Å². The van der Waals surface area contributed by atoms with Crippen LogP contribution in [0.4, 0.5) is 0 Å². The molecule has 0 saturated carbocycles. The van der Waals surface area contributed by atoms with Gasteiger partial charge in [0.2, 0.25) is 0 Å². The van der Waals surface area contributed by atoms with Gasteiger partial charge < -0.3 is 0 Å². The maximum atomic E-state index is 11.8. The van der Waals surface area contributed by atoms with Crippen molar-refractivity contribution in [3.8, 4) is 0 Å². The molecule has 0 N–H and O–H groups in total. The van der Waals surface area contributed by atoms with Crippen LogP contribution in [-0.4, -0.2) is 11.7 Å². The van der Waals surface area contributed by atoms with Crippen LogP contribution < -0.4 is 0 Å². The summed E-state index contributed by atoms with van der Waals surface area (Å²) in [6.07, 6.45) is 2.22. The summed E-state index contributed by atoms with van der Waals surface area (Å²) in [7, 11) is 0. The molecule has 0 heterocycles. The van der Waals surface area contributed by atoms with Crippen molar-refractivity contribution in [3.63, 3.8) is 0 Å². The monoisotopic (exact) mass is 244 g/mol. The Morgan fingerprint density at radius 2 is 2.07 bits per heavy atom. The van der Waals surface area contributed by atoms with E-state index in [0.717, 1.165) is 18.4 Å². The molecule has 0 fully saturated rings. The topological polar surface area (TPSA) is 17.1 Å². The van der Waals surface area contributed by atoms with Crippen molar-refractivity contribution < 1.29 is 4.79 Å². The van der Waals surface area contributed by atoms with E-state index in [1.165, 1.54) is 0 Å². The lowest BCUT2D eigenvalue weighted by atomic mass is 10.0. The summed E-state index contributed by atoms with van der Waals surface area (Å²) in [5, 5.41) is 0.538. The van der Waals surface area contributed by atoms with E-state index in [1.807, 2.05) is 19.1 Å². The second-order valence-electron chi connectivity index (χ2n) is 3.55. The summed E-state index contributed by atoms with van der Waals surface area (Å²) in [6.45, 7) is 1.95. The number of Topliss-reactive ketones (excluding diaryl/α,β-unsaturated/α-hetero) is 1. The molecule has 0 aliphatic carbocycles. The highest BCUT2D eigenvalue weighted by Gasteiger charge is 2.09. The Morgan fingerprint density at radius 1 is 1.33 bits per heavy atom. The summed E-state index contributed by atoms with van der Waals surface area (Å²) in [4.78, 5) is 11.8. The third kappa shape index (κ3) is 3.84. The van der Waals surface area contributed by atoms with Crippen molar-refractivity contribution in [1.29, 1.82) is 0 Å². The standard InChI is InChI=1S/C12H14Cl2O/c1-9-5-6-11(14)10(8-9)12(15)4-2-3-7-13/h5-6,8H,2-4,7H2,1H3. The van der Waals surface area contributed by atoms with Crippen LogP contribution in [0.1, 0.15) is 35.2 Å². The predicted molar refractivity (Wildman–Crippen MR) is 65.1 cm³/mol. The van der Waals surface area contributed by atoms with Crippen LogP contribution >= 0.6 is 23.2 Å². The van der Waals surface area contributed by atoms with E-state index in [0.29, 0.717) is 22.9 Å². The fraction of sp³-hybridized carbons (Fsp3) is 0.417. The number of benzene rings is 1. The zero-order chi connectivity index (χ0) is 11.3. The van der Waals surface area contributed by atoms with Crippen molar-refractivity contribution in [2.24, 2.45) is 0 Å². The quantitative estimate of drug-likeness (QED) is 0.430. The first-order chi connectivity index (χ1) is 7.15. The zero-order valence-electron chi connectivity index (χ0n) is 8.72. The molecule has 0 bridgehead atoms. The van der Waals surface area contributed by atoms with E-state index in [-0.39, 0.29) is 5.78 Å². The molecule has 0 atom stereocenters. The molecule has 3 heteroatoms. The van der Waals surface area contributed by atoms with E-state index in [4.69, 9.17) is 23.2 Å². The van der Waals surface area contributed by atoms with E-state index in [1.54, 1.807) is 6.07 Å². The van der Waals surface area contributed by atoms with Crippen LogP contribution in [0.5, 0.6) is 0 Å². The lowest BCUT2D eigenvalue weighted by molar-refractivity contribution is 0.0980. The second kappa shape index (κ2) is 6.14. The van der Waals surface area contributed by atoms with Gasteiger partial charge in [-0.05, 0) is 31.9 Å². The maximum Gasteiger partial charge on any atom is 0.164 e. The number of carbonyl (C=O) groups excluding carboxylic acids is 1. The Kier molecular flexibility index (Phi) is 5.13. The first-order valence-electron chi connectivity index (χ1n) is 5.00. The normalized spacial score (nSPS) is 10.3. The van der Waals surface area contributed by atoms with Crippen molar-refractivity contribution in [3.05, 3.63) is 34.3 Å². The molecule has 0 saturated heterocycles. The van der Waals surface area contributed by atoms with Crippen LogP contribution in [0.2, 0.25) is 5.02 Å². The molecule has 0 unspecified atom stereocenters. The molecule has 1 rings (SSSR count). The SMILES string of the molecule is Cc1ccc(Cl)c(C(=O)CCCCCl)c1. The van der Waals surface area contributed by atoms with Gasteiger partial charge in [0.05, 0.1) is 5.02 Å². The summed E-state index contributed by atoms with van der Waals surface area (Å²) in [6, 6.07) is 5.51. The summed E-state index contributed by atoms with van der Waals surface area (Å²) < 4.78 is 0.